The molecule has 1 heterocycles. The van der Waals surface area contributed by atoms with E-state index in [9.17, 15) is 0 Å². The third kappa shape index (κ3) is 3.28. The lowest BCUT2D eigenvalue weighted by molar-refractivity contribution is 0.116. The molecule has 13 heavy (non-hydrogen) atoms. The molecular formula is C11H24N2. The quantitative estimate of drug-likeness (QED) is 0.725. The van der Waals surface area contributed by atoms with E-state index in [1.54, 1.807) is 0 Å². The van der Waals surface area contributed by atoms with Crippen molar-refractivity contribution < 1.29 is 0 Å². The van der Waals surface area contributed by atoms with Crippen LogP contribution in [0.1, 0.15) is 40.0 Å². The summed E-state index contributed by atoms with van der Waals surface area (Å²) in [5.74, 6) is 0.763. The summed E-state index contributed by atoms with van der Waals surface area (Å²) in [7, 11) is 0. The van der Waals surface area contributed by atoms with Crippen molar-refractivity contribution in [1.29, 1.82) is 0 Å². The van der Waals surface area contributed by atoms with Crippen LogP contribution >= 0.6 is 0 Å². The van der Waals surface area contributed by atoms with Crippen molar-refractivity contribution in [3.63, 3.8) is 0 Å². The lowest BCUT2D eigenvalue weighted by atomic mass is 9.96. The Morgan fingerprint density at radius 3 is 2.54 bits per heavy atom. The molecule has 0 spiro atoms. The molecular weight excluding hydrogens is 160 g/mol. The van der Waals surface area contributed by atoms with Crippen LogP contribution in [0.3, 0.4) is 0 Å². The van der Waals surface area contributed by atoms with Crippen LogP contribution in [0.25, 0.3) is 0 Å². The Bertz CT molecular complexity index is 143. The second-order valence-corrected chi connectivity index (χ2v) is 4.81. The van der Waals surface area contributed by atoms with Gasteiger partial charge in [0.25, 0.3) is 0 Å². The van der Waals surface area contributed by atoms with Crippen LogP contribution in [0.2, 0.25) is 0 Å². The van der Waals surface area contributed by atoms with E-state index >= 15 is 0 Å². The van der Waals surface area contributed by atoms with Gasteiger partial charge in [0.15, 0.2) is 0 Å². The van der Waals surface area contributed by atoms with Gasteiger partial charge >= 0.3 is 0 Å². The third-order valence-electron chi connectivity index (χ3n) is 2.87. The SMILES string of the molecule is CC(C)CN1CCCC[C@H]1[C@H](C)N. The fourth-order valence-corrected chi connectivity index (χ4v) is 2.31. The molecule has 2 atom stereocenters. The zero-order valence-corrected chi connectivity index (χ0v) is 9.29. The van der Waals surface area contributed by atoms with Gasteiger partial charge in [-0.25, -0.2) is 0 Å². The van der Waals surface area contributed by atoms with E-state index in [0.717, 1.165) is 5.92 Å². The van der Waals surface area contributed by atoms with Gasteiger partial charge in [0.1, 0.15) is 0 Å². The summed E-state index contributed by atoms with van der Waals surface area (Å²) in [5, 5.41) is 0. The van der Waals surface area contributed by atoms with E-state index in [0.29, 0.717) is 12.1 Å². The summed E-state index contributed by atoms with van der Waals surface area (Å²) in [6.07, 6.45) is 4.02. The number of nitrogens with zero attached hydrogens (tertiary/aromatic N) is 1. The average Bonchev–Trinajstić information content (AvgIpc) is 2.03. The highest BCUT2D eigenvalue weighted by molar-refractivity contribution is 4.83. The maximum absolute atomic E-state index is 5.99. The first-order chi connectivity index (χ1) is 6.11. The van der Waals surface area contributed by atoms with Gasteiger partial charge < -0.3 is 5.73 Å². The number of hydrogen-bond acceptors (Lipinski definition) is 2. The molecule has 0 aliphatic carbocycles. The third-order valence-corrected chi connectivity index (χ3v) is 2.87. The van der Waals surface area contributed by atoms with Gasteiger partial charge in [-0.2, -0.15) is 0 Å². The van der Waals surface area contributed by atoms with Crippen molar-refractivity contribution in [2.45, 2.75) is 52.1 Å². The standard InChI is InChI=1S/C11H24N2/c1-9(2)8-13-7-5-4-6-11(13)10(3)12/h9-11H,4-8,12H2,1-3H3/t10-,11-/m0/s1. The van der Waals surface area contributed by atoms with Gasteiger partial charge in [0.05, 0.1) is 0 Å². The molecule has 1 saturated heterocycles. The summed E-state index contributed by atoms with van der Waals surface area (Å²) in [5.41, 5.74) is 5.99. The van der Waals surface area contributed by atoms with Crippen molar-refractivity contribution in [3.05, 3.63) is 0 Å². The van der Waals surface area contributed by atoms with Crippen molar-refractivity contribution >= 4 is 0 Å². The van der Waals surface area contributed by atoms with Crippen LogP contribution < -0.4 is 5.73 Å². The lowest BCUT2D eigenvalue weighted by Crippen LogP contribution is -2.50. The van der Waals surface area contributed by atoms with Gasteiger partial charge in [0, 0.05) is 18.6 Å². The predicted molar refractivity (Wildman–Crippen MR) is 57.7 cm³/mol. The molecule has 1 fully saturated rings. The lowest BCUT2D eigenvalue weighted by Gasteiger charge is -2.39. The fourth-order valence-electron chi connectivity index (χ4n) is 2.31. The largest absolute Gasteiger partial charge is 0.327 e. The van der Waals surface area contributed by atoms with Crippen LogP contribution in [-0.4, -0.2) is 30.1 Å². The smallest absolute Gasteiger partial charge is 0.0244 e. The highest BCUT2D eigenvalue weighted by Gasteiger charge is 2.25. The second-order valence-electron chi connectivity index (χ2n) is 4.81. The Kier molecular flexibility index (Phi) is 4.20. The number of hydrogen-bond donors (Lipinski definition) is 1. The van der Waals surface area contributed by atoms with Gasteiger partial charge in [-0.3, -0.25) is 4.90 Å². The van der Waals surface area contributed by atoms with Crippen LogP contribution in [0.15, 0.2) is 0 Å². The van der Waals surface area contributed by atoms with E-state index in [4.69, 9.17) is 5.73 Å². The van der Waals surface area contributed by atoms with E-state index in [-0.39, 0.29) is 0 Å². The monoisotopic (exact) mass is 184 g/mol. The zero-order valence-electron chi connectivity index (χ0n) is 9.29. The molecule has 2 heteroatoms. The summed E-state index contributed by atoms with van der Waals surface area (Å²) in [4.78, 5) is 2.58. The average molecular weight is 184 g/mol. The number of likely N-dealkylation sites (tertiary alicyclic amines) is 1. The summed E-state index contributed by atoms with van der Waals surface area (Å²) >= 11 is 0. The Morgan fingerprint density at radius 2 is 2.00 bits per heavy atom. The molecule has 0 unspecified atom stereocenters. The zero-order chi connectivity index (χ0) is 9.84. The second kappa shape index (κ2) is 4.97. The van der Waals surface area contributed by atoms with Crippen molar-refractivity contribution in [3.8, 4) is 0 Å². The van der Waals surface area contributed by atoms with Gasteiger partial charge in [-0.05, 0) is 32.2 Å². The Morgan fingerprint density at radius 1 is 1.31 bits per heavy atom. The maximum Gasteiger partial charge on any atom is 0.0244 e. The molecule has 0 aromatic rings. The molecule has 1 aliphatic heterocycles. The molecule has 0 amide bonds. The van der Waals surface area contributed by atoms with Crippen molar-refractivity contribution in [2.24, 2.45) is 11.7 Å². The molecule has 0 bridgehead atoms. The minimum atomic E-state index is 0.332. The summed E-state index contributed by atoms with van der Waals surface area (Å²) in [6, 6.07) is 0.968. The van der Waals surface area contributed by atoms with Crippen LogP contribution in [-0.2, 0) is 0 Å². The fraction of sp³-hybridized carbons (Fsp3) is 1.00. The highest BCUT2D eigenvalue weighted by Crippen LogP contribution is 2.19. The molecule has 0 aromatic carbocycles. The minimum absolute atomic E-state index is 0.332. The summed E-state index contributed by atoms with van der Waals surface area (Å²) in [6.45, 7) is 9.18. The number of piperidine rings is 1. The van der Waals surface area contributed by atoms with Gasteiger partial charge in [-0.1, -0.05) is 20.3 Å². The first-order valence-corrected chi connectivity index (χ1v) is 5.61. The number of rotatable bonds is 3. The molecule has 1 rings (SSSR count). The Balaban J connectivity index is 2.46. The highest BCUT2D eigenvalue weighted by atomic mass is 15.2. The molecule has 0 saturated carbocycles. The Labute approximate surface area is 82.5 Å². The summed E-state index contributed by atoms with van der Waals surface area (Å²) < 4.78 is 0. The van der Waals surface area contributed by atoms with E-state index < -0.39 is 0 Å². The molecule has 0 radical (unpaired) electrons. The molecule has 2 nitrogen and oxygen atoms in total. The van der Waals surface area contributed by atoms with Gasteiger partial charge in [-0.15, -0.1) is 0 Å². The molecule has 2 N–H and O–H groups in total. The first-order valence-electron chi connectivity index (χ1n) is 5.61. The van der Waals surface area contributed by atoms with E-state index in [1.807, 2.05) is 0 Å². The van der Waals surface area contributed by atoms with E-state index in [1.165, 1.54) is 32.4 Å². The normalized spacial score (nSPS) is 27.9. The molecule has 78 valence electrons. The van der Waals surface area contributed by atoms with Gasteiger partial charge in [0.2, 0.25) is 0 Å². The van der Waals surface area contributed by atoms with Crippen LogP contribution in [0, 0.1) is 5.92 Å². The first kappa shape index (κ1) is 11.0. The molecule has 0 aromatic heterocycles. The van der Waals surface area contributed by atoms with Crippen molar-refractivity contribution in [2.75, 3.05) is 13.1 Å². The van der Waals surface area contributed by atoms with E-state index in [2.05, 4.69) is 25.7 Å². The molecule has 1 aliphatic rings. The van der Waals surface area contributed by atoms with Crippen LogP contribution in [0.4, 0.5) is 0 Å². The van der Waals surface area contributed by atoms with Crippen molar-refractivity contribution in [1.82, 2.24) is 4.90 Å². The topological polar surface area (TPSA) is 29.3 Å². The minimum Gasteiger partial charge on any atom is -0.327 e. The number of nitrogens with two attached hydrogens (primary N) is 1. The van der Waals surface area contributed by atoms with Crippen LogP contribution in [0.5, 0.6) is 0 Å². The predicted octanol–water partition coefficient (Wildman–Crippen LogP) is 1.84. The maximum atomic E-state index is 5.99. The Hall–Kier alpha value is -0.0800.